The highest BCUT2D eigenvalue weighted by Crippen LogP contribution is 2.29. The Morgan fingerprint density at radius 2 is 1.65 bits per heavy atom. The molecule has 2 aromatic carbocycles. The maximum atomic E-state index is 11.9. The number of ether oxygens (including phenoxy) is 2. The summed E-state index contributed by atoms with van der Waals surface area (Å²) in [4.78, 5) is 23.7. The van der Waals surface area contributed by atoms with Crippen molar-refractivity contribution in [3.05, 3.63) is 58.1 Å². The topological polar surface area (TPSA) is 64.6 Å². The van der Waals surface area contributed by atoms with Gasteiger partial charge in [0.1, 0.15) is 5.75 Å². The molecule has 0 atom stereocenters. The molecule has 0 spiro atoms. The van der Waals surface area contributed by atoms with Gasteiger partial charge in [-0.25, -0.2) is 4.79 Å². The number of rotatable bonds is 7. The van der Waals surface area contributed by atoms with Crippen molar-refractivity contribution in [1.82, 2.24) is 0 Å². The standard InChI is InChI=1S/C19H19Cl2NO4/c1-12(2)13-6-3-4-9-16(13)25-11-18(24)26-10-17(23)22-19-14(20)7-5-8-15(19)21/h3-9,12H,10-11H2,1-2H3,(H,22,23). The summed E-state index contributed by atoms with van der Waals surface area (Å²) in [5.41, 5.74) is 1.27. The second-order valence-electron chi connectivity index (χ2n) is 5.79. The maximum absolute atomic E-state index is 11.9. The van der Waals surface area contributed by atoms with Gasteiger partial charge in [0.2, 0.25) is 0 Å². The van der Waals surface area contributed by atoms with E-state index >= 15 is 0 Å². The highest BCUT2D eigenvalue weighted by atomic mass is 35.5. The lowest BCUT2D eigenvalue weighted by molar-refractivity contribution is -0.149. The second-order valence-corrected chi connectivity index (χ2v) is 6.60. The van der Waals surface area contributed by atoms with E-state index in [1.54, 1.807) is 24.3 Å². The maximum Gasteiger partial charge on any atom is 0.344 e. The molecule has 0 fully saturated rings. The average Bonchev–Trinajstić information content (AvgIpc) is 2.61. The van der Waals surface area contributed by atoms with Crippen LogP contribution in [0.4, 0.5) is 5.69 Å². The molecule has 0 radical (unpaired) electrons. The molecule has 0 aliphatic rings. The number of halogens is 2. The number of anilines is 1. The minimum absolute atomic E-state index is 0.258. The van der Waals surface area contributed by atoms with Crippen molar-refractivity contribution < 1.29 is 19.1 Å². The molecule has 7 heteroatoms. The first kappa shape index (κ1) is 20.1. The van der Waals surface area contributed by atoms with Crippen molar-refractivity contribution in [2.45, 2.75) is 19.8 Å². The molecule has 0 unspecified atom stereocenters. The van der Waals surface area contributed by atoms with E-state index in [2.05, 4.69) is 5.32 Å². The van der Waals surface area contributed by atoms with Crippen molar-refractivity contribution in [3.8, 4) is 5.75 Å². The highest BCUT2D eigenvalue weighted by molar-refractivity contribution is 6.39. The van der Waals surface area contributed by atoms with Crippen molar-refractivity contribution in [1.29, 1.82) is 0 Å². The molecule has 0 aliphatic carbocycles. The van der Waals surface area contributed by atoms with Crippen LogP contribution in [-0.4, -0.2) is 25.1 Å². The number of para-hydroxylation sites is 2. The minimum Gasteiger partial charge on any atom is -0.482 e. The van der Waals surface area contributed by atoms with Gasteiger partial charge in [-0.1, -0.05) is 61.3 Å². The number of hydrogen-bond donors (Lipinski definition) is 1. The van der Waals surface area contributed by atoms with Crippen LogP contribution < -0.4 is 10.1 Å². The summed E-state index contributed by atoms with van der Waals surface area (Å²) in [5, 5.41) is 3.10. The van der Waals surface area contributed by atoms with Crippen LogP contribution in [0.1, 0.15) is 25.3 Å². The third kappa shape index (κ3) is 5.64. The molecule has 0 saturated heterocycles. The zero-order valence-corrected chi connectivity index (χ0v) is 15.9. The summed E-state index contributed by atoms with van der Waals surface area (Å²) in [6, 6.07) is 12.3. The Labute approximate surface area is 162 Å². The number of carbonyl (C=O) groups is 2. The largest absolute Gasteiger partial charge is 0.482 e. The first-order chi connectivity index (χ1) is 12.4. The third-order valence-electron chi connectivity index (χ3n) is 3.48. The first-order valence-electron chi connectivity index (χ1n) is 7.99. The lowest BCUT2D eigenvalue weighted by atomic mass is 10.0. The quantitative estimate of drug-likeness (QED) is 0.691. The van der Waals surface area contributed by atoms with Gasteiger partial charge < -0.3 is 14.8 Å². The molecule has 0 heterocycles. The monoisotopic (exact) mass is 395 g/mol. The molecule has 2 rings (SSSR count). The summed E-state index contributed by atoms with van der Waals surface area (Å²) in [6.07, 6.45) is 0. The average molecular weight is 396 g/mol. The van der Waals surface area contributed by atoms with E-state index in [1.165, 1.54) is 0 Å². The molecule has 0 bridgehead atoms. The Kier molecular flexibility index (Phi) is 7.30. The molecular weight excluding hydrogens is 377 g/mol. The van der Waals surface area contributed by atoms with Crippen LogP contribution >= 0.6 is 23.2 Å². The zero-order chi connectivity index (χ0) is 19.1. The molecule has 1 amide bonds. The summed E-state index contributed by atoms with van der Waals surface area (Å²) in [5.74, 6) is -0.319. The first-order valence-corrected chi connectivity index (χ1v) is 8.75. The van der Waals surface area contributed by atoms with Crippen molar-refractivity contribution >= 4 is 40.8 Å². The molecule has 1 N–H and O–H groups in total. The molecule has 0 aliphatic heterocycles. The van der Waals surface area contributed by atoms with E-state index in [-0.39, 0.29) is 18.2 Å². The number of benzene rings is 2. The third-order valence-corrected chi connectivity index (χ3v) is 4.11. The number of carbonyl (C=O) groups excluding carboxylic acids is 2. The van der Waals surface area contributed by atoms with Gasteiger partial charge in [-0.05, 0) is 29.7 Å². The normalized spacial score (nSPS) is 10.5. The van der Waals surface area contributed by atoms with Crippen LogP contribution in [0.15, 0.2) is 42.5 Å². The lowest BCUT2D eigenvalue weighted by Crippen LogP contribution is -2.24. The molecule has 0 saturated carbocycles. The van der Waals surface area contributed by atoms with Crippen LogP contribution in [0.3, 0.4) is 0 Å². The molecule has 5 nitrogen and oxygen atoms in total. The SMILES string of the molecule is CC(C)c1ccccc1OCC(=O)OCC(=O)Nc1c(Cl)cccc1Cl. The van der Waals surface area contributed by atoms with Crippen molar-refractivity contribution in [2.24, 2.45) is 0 Å². The lowest BCUT2D eigenvalue weighted by Gasteiger charge is -2.13. The Bertz CT molecular complexity index is 773. The summed E-state index contributed by atoms with van der Waals surface area (Å²) < 4.78 is 10.4. The van der Waals surface area contributed by atoms with Gasteiger partial charge in [-0.2, -0.15) is 0 Å². The number of esters is 1. The van der Waals surface area contributed by atoms with Gasteiger partial charge in [0.15, 0.2) is 13.2 Å². The number of nitrogens with one attached hydrogen (secondary N) is 1. The summed E-state index contributed by atoms with van der Waals surface area (Å²) >= 11 is 11.9. The Morgan fingerprint density at radius 1 is 1.00 bits per heavy atom. The number of amides is 1. The van der Waals surface area contributed by atoms with E-state index < -0.39 is 18.5 Å². The summed E-state index contributed by atoms with van der Waals surface area (Å²) in [7, 11) is 0. The van der Waals surface area contributed by atoms with Crippen LogP contribution in [-0.2, 0) is 14.3 Å². The number of hydrogen-bond acceptors (Lipinski definition) is 4. The van der Waals surface area contributed by atoms with Gasteiger partial charge >= 0.3 is 5.97 Å². The molecule has 138 valence electrons. The predicted octanol–water partition coefficient (Wildman–Crippen LogP) is 4.68. The van der Waals surface area contributed by atoms with Gasteiger partial charge in [0, 0.05) is 0 Å². The molecule has 26 heavy (non-hydrogen) atoms. The summed E-state index contributed by atoms with van der Waals surface area (Å²) in [6.45, 7) is 3.31. The van der Waals surface area contributed by atoms with E-state index in [0.29, 0.717) is 15.8 Å². The Hall–Kier alpha value is -2.24. The van der Waals surface area contributed by atoms with E-state index in [9.17, 15) is 9.59 Å². The van der Waals surface area contributed by atoms with Crippen LogP contribution in [0.5, 0.6) is 5.75 Å². The van der Waals surface area contributed by atoms with E-state index in [4.69, 9.17) is 32.7 Å². The van der Waals surface area contributed by atoms with Crippen LogP contribution in [0.25, 0.3) is 0 Å². The van der Waals surface area contributed by atoms with Gasteiger partial charge in [0.05, 0.1) is 15.7 Å². The second kappa shape index (κ2) is 9.46. The van der Waals surface area contributed by atoms with Gasteiger partial charge in [-0.15, -0.1) is 0 Å². The van der Waals surface area contributed by atoms with E-state index in [0.717, 1.165) is 5.56 Å². The fourth-order valence-electron chi connectivity index (χ4n) is 2.21. The molecule has 0 aromatic heterocycles. The Balaban J connectivity index is 1.83. The molecule has 2 aromatic rings. The minimum atomic E-state index is -0.649. The fraction of sp³-hybridized carbons (Fsp3) is 0.263. The van der Waals surface area contributed by atoms with Crippen LogP contribution in [0, 0.1) is 0 Å². The highest BCUT2D eigenvalue weighted by Gasteiger charge is 2.13. The van der Waals surface area contributed by atoms with Gasteiger partial charge in [0.25, 0.3) is 5.91 Å². The molecular formula is C19H19Cl2NO4. The Morgan fingerprint density at radius 3 is 2.31 bits per heavy atom. The van der Waals surface area contributed by atoms with Crippen molar-refractivity contribution in [2.75, 3.05) is 18.5 Å². The van der Waals surface area contributed by atoms with Crippen LogP contribution in [0.2, 0.25) is 10.0 Å². The van der Waals surface area contributed by atoms with Crippen molar-refractivity contribution in [3.63, 3.8) is 0 Å². The smallest absolute Gasteiger partial charge is 0.344 e. The van der Waals surface area contributed by atoms with E-state index in [1.807, 2.05) is 32.0 Å². The van der Waals surface area contributed by atoms with Gasteiger partial charge in [-0.3, -0.25) is 4.79 Å². The fourth-order valence-corrected chi connectivity index (χ4v) is 2.70. The zero-order valence-electron chi connectivity index (χ0n) is 14.4. The predicted molar refractivity (Wildman–Crippen MR) is 102 cm³/mol.